The molecule has 0 spiro atoms. The van der Waals surface area contributed by atoms with Crippen molar-refractivity contribution in [2.75, 3.05) is 5.32 Å². The van der Waals surface area contributed by atoms with E-state index in [1.54, 1.807) is 24.3 Å². The van der Waals surface area contributed by atoms with Crippen LogP contribution in [0, 0.1) is 18.3 Å². The topological polar surface area (TPSA) is 78.7 Å². The van der Waals surface area contributed by atoms with Gasteiger partial charge in [0.05, 0.1) is 22.6 Å². The number of aromatic nitrogens is 2. The second-order valence-corrected chi connectivity index (χ2v) is 7.29. The van der Waals surface area contributed by atoms with Crippen LogP contribution in [0.2, 0.25) is 0 Å². The van der Waals surface area contributed by atoms with Gasteiger partial charge in [-0.3, -0.25) is 4.79 Å². The van der Waals surface area contributed by atoms with Crippen LogP contribution in [0.3, 0.4) is 0 Å². The number of hydrogen-bond donors (Lipinski definition) is 1. The number of carbonyl (C=O) groups excluding carboxylic acids is 1. The lowest BCUT2D eigenvalue weighted by Crippen LogP contribution is -2.22. The standard InChI is InChI=1S/C21H18N4OS/c1-14-12-19(17-6-4-3-5-7-17)25-21(23-14)27-15(2)20(26)24-18-10-8-16(13-22)9-11-18/h3-12,15H,1-2H3,(H,24,26)/t15-/m1/s1. The molecular weight excluding hydrogens is 356 g/mol. The summed E-state index contributed by atoms with van der Waals surface area (Å²) in [5.74, 6) is -0.143. The summed E-state index contributed by atoms with van der Waals surface area (Å²) in [4.78, 5) is 21.5. The van der Waals surface area contributed by atoms with Gasteiger partial charge in [0.15, 0.2) is 5.16 Å². The smallest absolute Gasteiger partial charge is 0.237 e. The number of amides is 1. The predicted octanol–water partition coefficient (Wildman–Crippen LogP) is 4.44. The molecule has 0 saturated carbocycles. The summed E-state index contributed by atoms with van der Waals surface area (Å²) < 4.78 is 0. The first-order chi connectivity index (χ1) is 13.0. The van der Waals surface area contributed by atoms with E-state index in [0.717, 1.165) is 17.0 Å². The van der Waals surface area contributed by atoms with E-state index in [1.807, 2.05) is 50.2 Å². The Morgan fingerprint density at radius 2 is 1.81 bits per heavy atom. The second-order valence-electron chi connectivity index (χ2n) is 5.98. The molecule has 5 nitrogen and oxygen atoms in total. The number of carbonyl (C=O) groups is 1. The fourth-order valence-electron chi connectivity index (χ4n) is 2.43. The van der Waals surface area contributed by atoms with Crippen LogP contribution < -0.4 is 5.32 Å². The van der Waals surface area contributed by atoms with Gasteiger partial charge in [0.25, 0.3) is 0 Å². The van der Waals surface area contributed by atoms with Crippen molar-refractivity contribution in [2.24, 2.45) is 0 Å². The predicted molar refractivity (Wildman–Crippen MR) is 107 cm³/mol. The lowest BCUT2D eigenvalue weighted by Gasteiger charge is -2.12. The number of rotatable bonds is 5. The van der Waals surface area contributed by atoms with E-state index in [-0.39, 0.29) is 11.2 Å². The highest BCUT2D eigenvalue weighted by molar-refractivity contribution is 8.00. The van der Waals surface area contributed by atoms with Crippen LogP contribution in [0.5, 0.6) is 0 Å². The summed E-state index contributed by atoms with van der Waals surface area (Å²) in [7, 11) is 0. The molecule has 0 saturated heterocycles. The maximum atomic E-state index is 12.5. The van der Waals surface area contributed by atoms with Gasteiger partial charge in [0.2, 0.25) is 5.91 Å². The number of anilines is 1. The number of aryl methyl sites for hydroxylation is 1. The highest BCUT2D eigenvalue weighted by Crippen LogP contribution is 2.25. The zero-order valence-electron chi connectivity index (χ0n) is 15.0. The van der Waals surface area contributed by atoms with Crippen LogP contribution in [-0.4, -0.2) is 21.1 Å². The maximum absolute atomic E-state index is 12.5. The largest absolute Gasteiger partial charge is 0.325 e. The van der Waals surface area contributed by atoms with Crippen molar-refractivity contribution >= 4 is 23.4 Å². The number of thioether (sulfide) groups is 1. The van der Waals surface area contributed by atoms with E-state index < -0.39 is 0 Å². The third-order valence-corrected chi connectivity index (χ3v) is 4.80. The normalized spacial score (nSPS) is 11.4. The van der Waals surface area contributed by atoms with Crippen molar-refractivity contribution in [3.05, 3.63) is 71.9 Å². The van der Waals surface area contributed by atoms with Gasteiger partial charge >= 0.3 is 0 Å². The van der Waals surface area contributed by atoms with Crippen molar-refractivity contribution in [1.29, 1.82) is 5.26 Å². The molecule has 3 aromatic rings. The van der Waals surface area contributed by atoms with Crippen molar-refractivity contribution in [1.82, 2.24) is 9.97 Å². The van der Waals surface area contributed by atoms with Gasteiger partial charge < -0.3 is 5.32 Å². The van der Waals surface area contributed by atoms with Crippen LogP contribution in [0.15, 0.2) is 65.8 Å². The van der Waals surface area contributed by atoms with Gasteiger partial charge in [-0.1, -0.05) is 42.1 Å². The molecule has 0 aliphatic heterocycles. The lowest BCUT2D eigenvalue weighted by atomic mass is 10.1. The van der Waals surface area contributed by atoms with Crippen molar-refractivity contribution in [3.63, 3.8) is 0 Å². The summed E-state index contributed by atoms with van der Waals surface area (Å²) in [5.41, 5.74) is 3.91. The molecule has 0 unspecified atom stereocenters. The van der Waals surface area contributed by atoms with E-state index in [4.69, 9.17) is 5.26 Å². The Labute approximate surface area is 162 Å². The average Bonchev–Trinajstić information content (AvgIpc) is 2.68. The Morgan fingerprint density at radius 1 is 1.11 bits per heavy atom. The molecule has 0 bridgehead atoms. The maximum Gasteiger partial charge on any atom is 0.237 e. The molecular formula is C21H18N4OS. The molecule has 6 heteroatoms. The van der Waals surface area contributed by atoms with Gasteiger partial charge in [-0.25, -0.2) is 9.97 Å². The molecule has 0 aliphatic carbocycles. The summed E-state index contributed by atoms with van der Waals surface area (Å²) in [6.07, 6.45) is 0. The molecule has 1 N–H and O–H groups in total. The highest BCUT2D eigenvalue weighted by atomic mass is 32.2. The second kappa shape index (κ2) is 8.47. The lowest BCUT2D eigenvalue weighted by molar-refractivity contribution is -0.115. The molecule has 2 aromatic carbocycles. The minimum atomic E-state index is -0.369. The third-order valence-electron chi connectivity index (χ3n) is 3.84. The molecule has 1 amide bonds. The van der Waals surface area contributed by atoms with Crippen LogP contribution in [0.4, 0.5) is 5.69 Å². The Bertz CT molecular complexity index is 981. The first-order valence-electron chi connectivity index (χ1n) is 8.44. The van der Waals surface area contributed by atoms with Gasteiger partial charge in [0, 0.05) is 16.9 Å². The van der Waals surface area contributed by atoms with E-state index in [1.165, 1.54) is 11.8 Å². The molecule has 0 fully saturated rings. The minimum Gasteiger partial charge on any atom is -0.325 e. The van der Waals surface area contributed by atoms with Gasteiger partial charge in [0.1, 0.15) is 0 Å². The number of benzene rings is 2. The number of nitriles is 1. The van der Waals surface area contributed by atoms with Crippen LogP contribution in [0.25, 0.3) is 11.3 Å². The zero-order valence-corrected chi connectivity index (χ0v) is 15.8. The molecule has 27 heavy (non-hydrogen) atoms. The van der Waals surface area contributed by atoms with Crippen molar-refractivity contribution < 1.29 is 4.79 Å². The summed E-state index contributed by atoms with van der Waals surface area (Å²) in [6.45, 7) is 3.73. The van der Waals surface area contributed by atoms with E-state index in [2.05, 4.69) is 21.4 Å². The minimum absolute atomic E-state index is 0.143. The fraction of sp³-hybridized carbons (Fsp3) is 0.143. The first-order valence-corrected chi connectivity index (χ1v) is 9.32. The van der Waals surface area contributed by atoms with E-state index >= 15 is 0 Å². The Kier molecular flexibility index (Phi) is 5.84. The number of hydrogen-bond acceptors (Lipinski definition) is 5. The summed E-state index contributed by atoms with van der Waals surface area (Å²) >= 11 is 1.31. The molecule has 1 aromatic heterocycles. The monoisotopic (exact) mass is 374 g/mol. The Morgan fingerprint density at radius 3 is 2.48 bits per heavy atom. The summed E-state index contributed by atoms with van der Waals surface area (Å²) in [6, 6.07) is 20.6. The Balaban J connectivity index is 1.71. The quantitative estimate of drug-likeness (QED) is 0.527. The Hall–Kier alpha value is -3.17. The van der Waals surface area contributed by atoms with Crippen LogP contribution >= 0.6 is 11.8 Å². The number of nitrogens with one attached hydrogen (secondary N) is 1. The molecule has 0 aliphatic rings. The molecule has 0 radical (unpaired) electrons. The SMILES string of the molecule is Cc1cc(-c2ccccc2)nc(S[C@H](C)C(=O)Nc2ccc(C#N)cc2)n1. The van der Waals surface area contributed by atoms with Crippen LogP contribution in [-0.2, 0) is 4.79 Å². The molecule has 3 rings (SSSR count). The van der Waals surface area contributed by atoms with Gasteiger partial charge in [-0.2, -0.15) is 5.26 Å². The summed E-state index contributed by atoms with van der Waals surface area (Å²) in [5, 5.41) is 11.9. The highest BCUT2D eigenvalue weighted by Gasteiger charge is 2.17. The van der Waals surface area contributed by atoms with E-state index in [9.17, 15) is 4.79 Å². The van der Waals surface area contributed by atoms with Gasteiger partial charge in [-0.05, 0) is 44.2 Å². The molecule has 134 valence electrons. The molecule has 1 atom stereocenters. The van der Waals surface area contributed by atoms with Crippen LogP contribution in [0.1, 0.15) is 18.2 Å². The fourth-order valence-corrected chi connectivity index (χ4v) is 3.26. The van der Waals surface area contributed by atoms with E-state index in [0.29, 0.717) is 16.4 Å². The first kappa shape index (κ1) is 18.6. The third kappa shape index (κ3) is 4.93. The zero-order chi connectivity index (χ0) is 19.2. The van der Waals surface area contributed by atoms with Crippen molar-refractivity contribution in [2.45, 2.75) is 24.3 Å². The van der Waals surface area contributed by atoms with Gasteiger partial charge in [-0.15, -0.1) is 0 Å². The average molecular weight is 374 g/mol. The molecule has 1 heterocycles. The van der Waals surface area contributed by atoms with Crippen molar-refractivity contribution in [3.8, 4) is 17.3 Å². The number of nitrogens with zero attached hydrogens (tertiary/aromatic N) is 3.